The number of hydrogen-bond acceptors (Lipinski definition) is 2. The van der Waals surface area contributed by atoms with E-state index >= 15 is 0 Å². The molecule has 0 radical (unpaired) electrons. The van der Waals surface area contributed by atoms with Crippen LogP contribution in [-0.2, 0) is 9.59 Å². The quantitative estimate of drug-likeness (QED) is 0.772. The van der Waals surface area contributed by atoms with Gasteiger partial charge in [0.25, 0.3) is 0 Å². The van der Waals surface area contributed by atoms with E-state index in [2.05, 4.69) is 15.9 Å². The van der Waals surface area contributed by atoms with Crippen LogP contribution >= 0.6 is 27.5 Å². The van der Waals surface area contributed by atoms with Crippen molar-refractivity contribution in [1.82, 2.24) is 0 Å². The Hall–Kier alpha value is -0.870. The molecule has 19 heavy (non-hydrogen) atoms. The van der Waals surface area contributed by atoms with E-state index in [1.165, 1.54) is 4.90 Å². The van der Waals surface area contributed by atoms with Crippen molar-refractivity contribution < 1.29 is 9.59 Å². The molecule has 1 aromatic carbocycles. The maximum absolute atomic E-state index is 12.6. The smallest absolute Gasteiger partial charge is 0.240 e. The van der Waals surface area contributed by atoms with E-state index in [1.54, 1.807) is 18.2 Å². The SMILES string of the molecule is CCC1(CC)CC(=O)N(c2ccc(Cl)c(Br)c2)C1=O. The molecule has 0 unspecified atom stereocenters. The lowest BCUT2D eigenvalue weighted by molar-refractivity contribution is -0.126. The average molecular weight is 345 g/mol. The summed E-state index contributed by atoms with van der Waals surface area (Å²) in [6.07, 6.45) is 1.65. The van der Waals surface area contributed by atoms with Crippen molar-refractivity contribution in [3.63, 3.8) is 0 Å². The lowest BCUT2D eigenvalue weighted by Crippen LogP contribution is -2.35. The van der Waals surface area contributed by atoms with Gasteiger partial charge in [-0.2, -0.15) is 0 Å². The highest BCUT2D eigenvalue weighted by Crippen LogP contribution is 2.42. The maximum atomic E-state index is 12.6. The van der Waals surface area contributed by atoms with Gasteiger partial charge in [0, 0.05) is 10.9 Å². The van der Waals surface area contributed by atoms with Gasteiger partial charge in [0.05, 0.1) is 16.1 Å². The molecule has 0 bridgehead atoms. The summed E-state index contributed by atoms with van der Waals surface area (Å²) in [4.78, 5) is 26.0. The second-order valence-corrected chi connectivity index (χ2v) is 6.06. The highest BCUT2D eigenvalue weighted by Gasteiger charge is 2.49. The van der Waals surface area contributed by atoms with E-state index in [4.69, 9.17) is 11.6 Å². The molecule has 0 N–H and O–H groups in total. The molecule has 0 spiro atoms. The van der Waals surface area contributed by atoms with Crippen LogP contribution in [0.1, 0.15) is 33.1 Å². The molecule has 0 atom stereocenters. The van der Waals surface area contributed by atoms with Crippen molar-refractivity contribution >= 4 is 45.0 Å². The minimum Gasteiger partial charge on any atom is -0.274 e. The molecular formula is C14H15BrClNO2. The predicted molar refractivity (Wildman–Crippen MR) is 79.3 cm³/mol. The van der Waals surface area contributed by atoms with Gasteiger partial charge in [-0.15, -0.1) is 0 Å². The molecule has 0 aliphatic carbocycles. The summed E-state index contributed by atoms with van der Waals surface area (Å²) in [5.41, 5.74) is 0.0403. The second-order valence-electron chi connectivity index (χ2n) is 4.80. The van der Waals surface area contributed by atoms with Crippen LogP contribution in [-0.4, -0.2) is 11.8 Å². The zero-order chi connectivity index (χ0) is 14.2. The number of halogens is 2. The van der Waals surface area contributed by atoms with Gasteiger partial charge in [-0.1, -0.05) is 25.4 Å². The first-order valence-corrected chi connectivity index (χ1v) is 7.44. The summed E-state index contributed by atoms with van der Waals surface area (Å²) >= 11 is 9.25. The Bertz CT molecular complexity index is 540. The highest BCUT2D eigenvalue weighted by molar-refractivity contribution is 9.10. The van der Waals surface area contributed by atoms with Crippen molar-refractivity contribution in [2.75, 3.05) is 4.90 Å². The molecule has 1 aromatic rings. The standard InChI is InChI=1S/C14H15BrClNO2/c1-3-14(4-2)8-12(18)17(13(14)19)9-5-6-11(16)10(15)7-9/h5-7H,3-4,8H2,1-2H3. The van der Waals surface area contributed by atoms with E-state index in [1.807, 2.05) is 13.8 Å². The van der Waals surface area contributed by atoms with E-state index in [-0.39, 0.29) is 11.8 Å². The van der Waals surface area contributed by atoms with Crippen molar-refractivity contribution in [2.45, 2.75) is 33.1 Å². The third-order valence-electron chi connectivity index (χ3n) is 3.91. The molecule has 2 amide bonds. The lowest BCUT2D eigenvalue weighted by Gasteiger charge is -2.23. The molecule has 3 nitrogen and oxygen atoms in total. The van der Waals surface area contributed by atoms with Gasteiger partial charge in [-0.05, 0) is 47.0 Å². The Morgan fingerprint density at radius 2 is 1.95 bits per heavy atom. The molecule has 0 saturated carbocycles. The third kappa shape index (κ3) is 2.32. The normalized spacial score (nSPS) is 18.2. The van der Waals surface area contributed by atoms with Crippen LogP contribution in [0, 0.1) is 5.41 Å². The summed E-state index contributed by atoms with van der Waals surface area (Å²) in [5.74, 6) is -0.236. The minimum absolute atomic E-state index is 0.100. The molecule has 102 valence electrons. The Balaban J connectivity index is 2.43. The second kappa shape index (κ2) is 5.25. The molecular weight excluding hydrogens is 330 g/mol. The number of carbonyl (C=O) groups excluding carboxylic acids is 2. The molecule has 5 heteroatoms. The number of anilines is 1. The van der Waals surface area contributed by atoms with E-state index in [0.29, 0.717) is 34.4 Å². The Morgan fingerprint density at radius 3 is 2.42 bits per heavy atom. The largest absolute Gasteiger partial charge is 0.274 e. The third-order valence-corrected chi connectivity index (χ3v) is 5.12. The first kappa shape index (κ1) is 14.5. The van der Waals surface area contributed by atoms with Gasteiger partial charge in [0.15, 0.2) is 0 Å². The van der Waals surface area contributed by atoms with Crippen molar-refractivity contribution in [3.8, 4) is 0 Å². The zero-order valence-electron chi connectivity index (χ0n) is 10.9. The van der Waals surface area contributed by atoms with Crippen molar-refractivity contribution in [3.05, 3.63) is 27.7 Å². The summed E-state index contributed by atoms with van der Waals surface area (Å²) < 4.78 is 0.678. The van der Waals surface area contributed by atoms with Crippen molar-refractivity contribution in [2.24, 2.45) is 5.41 Å². The molecule has 2 rings (SSSR count). The number of benzene rings is 1. The van der Waals surface area contributed by atoms with Crippen LogP contribution in [0.2, 0.25) is 5.02 Å². The Morgan fingerprint density at radius 1 is 1.32 bits per heavy atom. The average Bonchev–Trinajstić information content (AvgIpc) is 2.65. The molecule has 1 aliphatic heterocycles. The fourth-order valence-corrected chi connectivity index (χ4v) is 2.97. The number of nitrogens with zero attached hydrogens (tertiary/aromatic N) is 1. The van der Waals surface area contributed by atoms with Crippen molar-refractivity contribution in [1.29, 1.82) is 0 Å². The number of rotatable bonds is 3. The fourth-order valence-electron chi connectivity index (χ4n) is 2.48. The highest BCUT2D eigenvalue weighted by atomic mass is 79.9. The Kier molecular flexibility index (Phi) is 4.02. The Labute approximate surface area is 126 Å². The van der Waals surface area contributed by atoms with Crippen LogP contribution in [0.3, 0.4) is 0 Å². The topological polar surface area (TPSA) is 37.4 Å². The monoisotopic (exact) mass is 343 g/mol. The number of hydrogen-bond donors (Lipinski definition) is 0. The molecule has 1 saturated heterocycles. The van der Waals surface area contributed by atoms with E-state index in [0.717, 1.165) is 0 Å². The molecule has 1 fully saturated rings. The van der Waals surface area contributed by atoms with E-state index in [9.17, 15) is 9.59 Å². The lowest BCUT2D eigenvalue weighted by atomic mass is 9.81. The fraction of sp³-hybridized carbons (Fsp3) is 0.429. The maximum Gasteiger partial charge on any atom is 0.240 e. The van der Waals surface area contributed by atoms with Crippen LogP contribution in [0.5, 0.6) is 0 Å². The molecule has 1 aliphatic rings. The predicted octanol–water partition coefficient (Wildman–Crippen LogP) is 4.17. The van der Waals surface area contributed by atoms with Gasteiger partial charge in [0.2, 0.25) is 11.8 Å². The summed E-state index contributed by atoms with van der Waals surface area (Å²) in [6, 6.07) is 5.09. The first-order valence-electron chi connectivity index (χ1n) is 6.27. The first-order chi connectivity index (χ1) is 8.95. The minimum atomic E-state index is -0.538. The summed E-state index contributed by atoms with van der Waals surface area (Å²) in [7, 11) is 0. The van der Waals surface area contributed by atoms with Gasteiger partial charge >= 0.3 is 0 Å². The van der Waals surface area contributed by atoms with Crippen LogP contribution in [0.25, 0.3) is 0 Å². The van der Waals surface area contributed by atoms with Crippen LogP contribution in [0.15, 0.2) is 22.7 Å². The van der Waals surface area contributed by atoms with Gasteiger partial charge in [-0.3, -0.25) is 14.5 Å². The summed E-state index contributed by atoms with van der Waals surface area (Å²) in [6.45, 7) is 3.91. The zero-order valence-corrected chi connectivity index (χ0v) is 13.2. The van der Waals surface area contributed by atoms with E-state index < -0.39 is 5.41 Å². The number of amides is 2. The molecule has 0 aromatic heterocycles. The summed E-state index contributed by atoms with van der Waals surface area (Å²) in [5, 5.41) is 0.556. The van der Waals surface area contributed by atoms with Crippen LogP contribution < -0.4 is 4.90 Å². The molecule has 1 heterocycles. The van der Waals surface area contributed by atoms with Gasteiger partial charge in [0.1, 0.15) is 0 Å². The number of imide groups is 1. The van der Waals surface area contributed by atoms with Gasteiger partial charge < -0.3 is 0 Å². The number of carbonyl (C=O) groups is 2. The van der Waals surface area contributed by atoms with Crippen LogP contribution in [0.4, 0.5) is 5.69 Å². The van der Waals surface area contributed by atoms with Gasteiger partial charge in [-0.25, -0.2) is 0 Å².